The third-order valence-electron chi connectivity index (χ3n) is 2.01. The van der Waals surface area contributed by atoms with Crippen LogP contribution in [0.5, 0.6) is 5.75 Å². The summed E-state index contributed by atoms with van der Waals surface area (Å²) in [5.74, 6) is 1.00. The Morgan fingerprint density at radius 2 is 1.82 bits per heavy atom. The van der Waals surface area contributed by atoms with Gasteiger partial charge in [0.25, 0.3) is 5.69 Å². The van der Waals surface area contributed by atoms with Crippen molar-refractivity contribution >= 4 is 5.69 Å². The van der Waals surface area contributed by atoms with Crippen LogP contribution in [0.2, 0.25) is 0 Å². The molecule has 0 saturated carbocycles. The lowest BCUT2D eigenvalue weighted by Crippen LogP contribution is -2.18. The predicted octanol–water partition coefficient (Wildman–Crippen LogP) is 2.99. The van der Waals surface area contributed by atoms with E-state index in [-0.39, 0.29) is 12.0 Å². The van der Waals surface area contributed by atoms with E-state index in [1.165, 1.54) is 12.1 Å². The van der Waals surface area contributed by atoms with Crippen LogP contribution in [0.3, 0.4) is 0 Å². The van der Waals surface area contributed by atoms with Gasteiger partial charge in [0.1, 0.15) is 5.75 Å². The first-order chi connectivity index (χ1) is 7.99. The highest BCUT2D eigenvalue weighted by Gasteiger charge is 2.08. The minimum atomic E-state index is -0.442. The topological polar surface area (TPSA) is 61.6 Å². The van der Waals surface area contributed by atoms with Gasteiger partial charge in [0, 0.05) is 12.1 Å². The first-order valence-corrected chi connectivity index (χ1v) is 5.51. The minimum absolute atomic E-state index is 0.0492. The predicted molar refractivity (Wildman–Crippen MR) is 64.0 cm³/mol. The lowest BCUT2D eigenvalue weighted by molar-refractivity contribution is -0.384. The Morgan fingerprint density at radius 3 is 2.29 bits per heavy atom. The summed E-state index contributed by atoms with van der Waals surface area (Å²) < 4.78 is 10.9. The number of benzene rings is 1. The number of nitro benzene ring substituents is 1. The van der Waals surface area contributed by atoms with E-state index < -0.39 is 4.92 Å². The smallest absolute Gasteiger partial charge is 0.269 e. The third kappa shape index (κ3) is 4.82. The molecular formula is C12H17NO4. The van der Waals surface area contributed by atoms with Crippen LogP contribution in [-0.2, 0) is 4.74 Å². The summed E-state index contributed by atoms with van der Waals surface area (Å²) >= 11 is 0. The van der Waals surface area contributed by atoms with Gasteiger partial charge in [-0.1, -0.05) is 13.8 Å². The zero-order valence-corrected chi connectivity index (χ0v) is 10.3. The van der Waals surface area contributed by atoms with Gasteiger partial charge >= 0.3 is 0 Å². The molecule has 0 heterocycles. The van der Waals surface area contributed by atoms with Crippen molar-refractivity contribution in [1.82, 2.24) is 0 Å². The van der Waals surface area contributed by atoms with Crippen molar-refractivity contribution in [1.29, 1.82) is 0 Å². The molecule has 17 heavy (non-hydrogen) atoms. The van der Waals surface area contributed by atoms with Crippen LogP contribution in [0.25, 0.3) is 0 Å². The van der Waals surface area contributed by atoms with Crippen LogP contribution in [-0.4, -0.2) is 17.8 Å². The minimum Gasteiger partial charge on any atom is -0.465 e. The molecule has 0 saturated heterocycles. The molecule has 1 unspecified atom stereocenters. The van der Waals surface area contributed by atoms with Crippen molar-refractivity contribution in [2.24, 2.45) is 5.92 Å². The summed E-state index contributed by atoms with van der Waals surface area (Å²) in [7, 11) is 0. The van der Waals surface area contributed by atoms with E-state index in [1.54, 1.807) is 19.1 Å². The zero-order chi connectivity index (χ0) is 12.8. The second-order valence-electron chi connectivity index (χ2n) is 4.16. The van der Waals surface area contributed by atoms with E-state index in [0.29, 0.717) is 18.3 Å². The maximum atomic E-state index is 10.5. The highest BCUT2D eigenvalue weighted by molar-refractivity contribution is 5.35. The Hall–Kier alpha value is -1.62. The molecule has 0 aliphatic carbocycles. The molecule has 0 aliphatic rings. The number of hydrogen-bond acceptors (Lipinski definition) is 4. The van der Waals surface area contributed by atoms with E-state index in [9.17, 15) is 10.1 Å². The molecular weight excluding hydrogens is 222 g/mol. The molecule has 5 nitrogen and oxygen atoms in total. The van der Waals surface area contributed by atoms with Crippen LogP contribution >= 0.6 is 0 Å². The molecule has 0 aromatic heterocycles. The highest BCUT2D eigenvalue weighted by atomic mass is 16.7. The van der Waals surface area contributed by atoms with Crippen LogP contribution in [0.1, 0.15) is 20.8 Å². The van der Waals surface area contributed by atoms with Gasteiger partial charge in [0.05, 0.1) is 11.5 Å². The average molecular weight is 239 g/mol. The molecule has 0 aliphatic heterocycles. The molecule has 0 N–H and O–H groups in total. The van der Waals surface area contributed by atoms with Gasteiger partial charge in [-0.3, -0.25) is 10.1 Å². The molecule has 1 aromatic carbocycles. The quantitative estimate of drug-likeness (QED) is 0.435. The van der Waals surface area contributed by atoms with Crippen molar-refractivity contribution in [2.75, 3.05) is 6.61 Å². The van der Waals surface area contributed by atoms with E-state index >= 15 is 0 Å². The average Bonchev–Trinajstić information content (AvgIpc) is 2.27. The van der Waals surface area contributed by atoms with E-state index in [0.717, 1.165) is 0 Å². The fraction of sp³-hybridized carbons (Fsp3) is 0.500. The second kappa shape index (κ2) is 6.20. The van der Waals surface area contributed by atoms with Crippen molar-refractivity contribution in [3.8, 4) is 5.75 Å². The maximum absolute atomic E-state index is 10.5. The fourth-order valence-electron chi connectivity index (χ4n) is 1.20. The lowest BCUT2D eigenvalue weighted by Gasteiger charge is -2.16. The van der Waals surface area contributed by atoms with Crippen molar-refractivity contribution in [3.05, 3.63) is 34.4 Å². The Kier molecular flexibility index (Phi) is 4.90. The molecule has 0 fully saturated rings. The highest BCUT2D eigenvalue weighted by Crippen LogP contribution is 2.18. The number of nitro groups is 1. The van der Waals surface area contributed by atoms with Crippen molar-refractivity contribution < 1.29 is 14.4 Å². The van der Waals surface area contributed by atoms with Crippen LogP contribution in [0.4, 0.5) is 5.69 Å². The largest absolute Gasteiger partial charge is 0.465 e. The van der Waals surface area contributed by atoms with Gasteiger partial charge in [-0.05, 0) is 25.0 Å². The standard InChI is InChI=1S/C12H17NO4/c1-9(2)8-16-10(3)17-12-6-4-11(5-7-12)13(14)15/h4-7,9-10H,8H2,1-3H3. The van der Waals surface area contributed by atoms with Gasteiger partial charge in [0.15, 0.2) is 6.29 Å². The fourth-order valence-corrected chi connectivity index (χ4v) is 1.20. The maximum Gasteiger partial charge on any atom is 0.269 e. The number of ether oxygens (including phenoxy) is 2. The third-order valence-corrected chi connectivity index (χ3v) is 2.01. The number of nitrogens with zero attached hydrogens (tertiary/aromatic N) is 1. The summed E-state index contributed by atoms with van der Waals surface area (Å²) in [5.41, 5.74) is 0.0492. The summed E-state index contributed by atoms with van der Waals surface area (Å²) in [6.07, 6.45) is -0.362. The zero-order valence-electron chi connectivity index (χ0n) is 10.3. The Labute approximate surface area is 101 Å². The van der Waals surface area contributed by atoms with E-state index in [1.807, 2.05) is 0 Å². The molecule has 5 heteroatoms. The second-order valence-corrected chi connectivity index (χ2v) is 4.16. The van der Waals surface area contributed by atoms with Gasteiger partial charge in [-0.25, -0.2) is 0 Å². The van der Waals surface area contributed by atoms with Gasteiger partial charge < -0.3 is 9.47 Å². The summed E-state index contributed by atoms with van der Waals surface area (Å²) in [5, 5.41) is 10.5. The summed E-state index contributed by atoms with van der Waals surface area (Å²) in [4.78, 5) is 10.0. The number of hydrogen-bond donors (Lipinski definition) is 0. The van der Waals surface area contributed by atoms with E-state index in [4.69, 9.17) is 9.47 Å². The van der Waals surface area contributed by atoms with Crippen molar-refractivity contribution in [2.45, 2.75) is 27.1 Å². The molecule has 1 rings (SSSR count). The molecule has 0 spiro atoms. The summed E-state index contributed by atoms with van der Waals surface area (Å²) in [6.45, 7) is 6.52. The Balaban J connectivity index is 2.48. The summed E-state index contributed by atoms with van der Waals surface area (Å²) in [6, 6.07) is 5.94. The van der Waals surface area contributed by atoms with Crippen molar-refractivity contribution in [3.63, 3.8) is 0 Å². The van der Waals surface area contributed by atoms with Crippen LogP contribution < -0.4 is 4.74 Å². The number of non-ortho nitro benzene ring substituents is 1. The van der Waals surface area contributed by atoms with Gasteiger partial charge in [-0.15, -0.1) is 0 Å². The van der Waals surface area contributed by atoms with Gasteiger partial charge in [-0.2, -0.15) is 0 Å². The van der Waals surface area contributed by atoms with Crippen LogP contribution in [0, 0.1) is 16.0 Å². The molecule has 94 valence electrons. The Morgan fingerprint density at radius 1 is 1.24 bits per heavy atom. The first-order valence-electron chi connectivity index (χ1n) is 5.51. The molecule has 1 atom stereocenters. The lowest BCUT2D eigenvalue weighted by atomic mass is 10.2. The molecule has 1 aromatic rings. The van der Waals surface area contributed by atoms with E-state index in [2.05, 4.69) is 13.8 Å². The molecule has 0 radical (unpaired) electrons. The van der Waals surface area contributed by atoms with Gasteiger partial charge in [0.2, 0.25) is 0 Å². The van der Waals surface area contributed by atoms with Crippen LogP contribution in [0.15, 0.2) is 24.3 Å². The first kappa shape index (κ1) is 13.4. The Bertz CT molecular complexity index is 361. The SMILES string of the molecule is CC(C)COC(C)Oc1ccc([N+](=O)[O-])cc1. The monoisotopic (exact) mass is 239 g/mol. The molecule has 0 amide bonds. The molecule has 0 bridgehead atoms. The normalized spacial score (nSPS) is 12.5. The number of rotatable bonds is 6.